The van der Waals surface area contributed by atoms with Crippen LogP contribution in [0.4, 0.5) is 8.78 Å². The number of hydrogen-bond donors (Lipinski definition) is 4. The van der Waals surface area contributed by atoms with Gasteiger partial charge in [-0.3, -0.25) is 4.79 Å². The van der Waals surface area contributed by atoms with E-state index < -0.39 is 11.2 Å². The molecule has 5 rings (SSSR count). The lowest BCUT2D eigenvalue weighted by atomic mass is 9.82. The summed E-state index contributed by atoms with van der Waals surface area (Å²) in [7, 11) is 0. The third-order valence-corrected chi connectivity index (χ3v) is 7.10. The molecule has 0 spiro atoms. The van der Waals surface area contributed by atoms with Crippen molar-refractivity contribution in [3.05, 3.63) is 95.4 Å². The van der Waals surface area contributed by atoms with Gasteiger partial charge in [0, 0.05) is 36.1 Å². The van der Waals surface area contributed by atoms with E-state index in [1.165, 1.54) is 30.5 Å². The van der Waals surface area contributed by atoms with Gasteiger partial charge in [0.05, 0.1) is 6.26 Å². The fourth-order valence-electron chi connectivity index (χ4n) is 5.07. The van der Waals surface area contributed by atoms with Crippen LogP contribution in [0.3, 0.4) is 0 Å². The first-order valence-corrected chi connectivity index (χ1v) is 13.7. The first-order chi connectivity index (χ1) is 19.6. The van der Waals surface area contributed by atoms with Crippen molar-refractivity contribution < 1.29 is 28.2 Å². The first-order valence-electron chi connectivity index (χ1n) is 13.7. The summed E-state index contributed by atoms with van der Waals surface area (Å²) in [5, 5.41) is 23.8. The molecule has 1 aromatic heterocycles. The molecule has 5 N–H and O–H groups in total. The molecule has 214 valence electrons. The van der Waals surface area contributed by atoms with Gasteiger partial charge >= 0.3 is 0 Å². The Morgan fingerprint density at radius 3 is 2.00 bits per heavy atom. The Morgan fingerprint density at radius 1 is 0.878 bits per heavy atom. The summed E-state index contributed by atoms with van der Waals surface area (Å²) >= 11 is 0. The SMILES string of the molecule is N[C@@H]1CCC[C@](O)(C#Cc2cccc(F)c2)C1.O=C(N[C@H]1CCC[C@@](O)(C#Cc2cccc(F)c2)C1)c1ccco1. The molecular weight excluding hydrogens is 526 g/mol. The second-order valence-electron chi connectivity index (χ2n) is 10.7. The van der Waals surface area contributed by atoms with Crippen LogP contribution in [0.25, 0.3) is 0 Å². The molecule has 0 bridgehead atoms. The van der Waals surface area contributed by atoms with Crippen LogP contribution in [0.5, 0.6) is 0 Å². The predicted octanol–water partition coefficient (Wildman–Crippen LogP) is 4.68. The van der Waals surface area contributed by atoms with Crippen LogP contribution in [-0.2, 0) is 0 Å². The van der Waals surface area contributed by atoms with Crippen molar-refractivity contribution in [1.29, 1.82) is 0 Å². The molecule has 41 heavy (non-hydrogen) atoms. The van der Waals surface area contributed by atoms with E-state index in [1.807, 2.05) is 0 Å². The summed E-state index contributed by atoms with van der Waals surface area (Å²) in [5.41, 5.74) is 4.72. The maximum absolute atomic E-state index is 13.2. The van der Waals surface area contributed by atoms with Crippen molar-refractivity contribution in [2.24, 2.45) is 5.73 Å². The van der Waals surface area contributed by atoms with Crippen LogP contribution in [-0.4, -0.2) is 39.4 Å². The van der Waals surface area contributed by atoms with Crippen molar-refractivity contribution in [1.82, 2.24) is 5.32 Å². The molecular formula is C33H34F2N2O4. The molecule has 0 saturated heterocycles. The van der Waals surface area contributed by atoms with Gasteiger partial charge in [0.25, 0.3) is 5.91 Å². The molecule has 8 heteroatoms. The van der Waals surface area contributed by atoms with Crippen molar-refractivity contribution in [2.45, 2.75) is 74.7 Å². The number of rotatable bonds is 2. The normalized spacial score (nSPS) is 25.3. The predicted molar refractivity (Wildman–Crippen MR) is 151 cm³/mol. The maximum Gasteiger partial charge on any atom is 0.287 e. The van der Waals surface area contributed by atoms with Gasteiger partial charge in [0.2, 0.25) is 0 Å². The summed E-state index contributed by atoms with van der Waals surface area (Å²) in [6, 6.07) is 15.1. The first kappa shape index (κ1) is 30.0. The highest BCUT2D eigenvalue weighted by Crippen LogP contribution is 2.29. The van der Waals surface area contributed by atoms with Crippen LogP contribution in [0.2, 0.25) is 0 Å². The molecule has 1 heterocycles. The van der Waals surface area contributed by atoms with E-state index in [-0.39, 0.29) is 35.4 Å². The number of halogens is 2. The Kier molecular flexibility index (Phi) is 9.96. The van der Waals surface area contributed by atoms with Crippen LogP contribution < -0.4 is 11.1 Å². The molecule has 6 nitrogen and oxygen atoms in total. The number of carbonyl (C=O) groups is 1. The number of aliphatic hydroxyl groups is 2. The number of furan rings is 1. The standard InChI is InChI=1S/C19H18FNO3.C14H16FNO/c20-15-5-1-4-14(12-15)8-10-19(23)9-2-6-16(13-19)21-18(22)17-7-3-11-24-17;15-12-4-1-3-11(9-12)6-8-14(17)7-2-5-13(16)10-14/h1,3-5,7,11-12,16,23H,2,6,9,13H2,(H,21,22);1,3-4,9,13,17H,2,5,7,10,16H2/t16-,19+;13-,14+/m01/s1. The van der Waals surface area contributed by atoms with Crippen LogP contribution in [0.1, 0.15) is 73.0 Å². The lowest BCUT2D eigenvalue weighted by Crippen LogP contribution is -2.45. The Bertz CT molecular complexity index is 1450. The number of carbonyl (C=O) groups excluding carboxylic acids is 1. The van der Waals surface area contributed by atoms with Crippen LogP contribution in [0, 0.1) is 35.3 Å². The molecule has 1 amide bonds. The summed E-state index contributed by atoms with van der Waals surface area (Å²) in [6.07, 6.45) is 6.78. The van der Waals surface area contributed by atoms with Gasteiger partial charge in [-0.15, -0.1) is 0 Å². The third-order valence-electron chi connectivity index (χ3n) is 7.10. The average Bonchev–Trinajstić information content (AvgIpc) is 3.47. The number of nitrogens with one attached hydrogen (secondary N) is 1. The van der Waals surface area contributed by atoms with Gasteiger partial charge in [-0.05, 0) is 87.1 Å². The highest BCUT2D eigenvalue weighted by Gasteiger charge is 2.34. The topological polar surface area (TPSA) is 109 Å². The minimum absolute atomic E-state index is 0.00978. The van der Waals surface area contributed by atoms with E-state index in [4.69, 9.17) is 10.2 Å². The monoisotopic (exact) mass is 560 g/mol. The highest BCUT2D eigenvalue weighted by atomic mass is 19.1. The molecule has 2 aliphatic carbocycles. The van der Waals surface area contributed by atoms with Gasteiger partial charge in [-0.2, -0.15) is 0 Å². The zero-order chi connectivity index (χ0) is 29.3. The summed E-state index contributed by atoms with van der Waals surface area (Å²) in [4.78, 5) is 12.0. The lowest BCUT2D eigenvalue weighted by Gasteiger charge is -2.33. The summed E-state index contributed by atoms with van der Waals surface area (Å²) in [5.74, 6) is 10.6. The minimum Gasteiger partial charge on any atom is -0.459 e. The van der Waals surface area contributed by atoms with Crippen LogP contribution in [0.15, 0.2) is 71.3 Å². The van der Waals surface area contributed by atoms with E-state index in [0.717, 1.165) is 25.7 Å². The minimum atomic E-state index is -1.19. The van der Waals surface area contributed by atoms with E-state index >= 15 is 0 Å². The molecule has 2 aromatic carbocycles. The second kappa shape index (κ2) is 13.6. The van der Waals surface area contributed by atoms with Gasteiger partial charge in [-0.25, -0.2) is 8.78 Å². The number of nitrogens with two attached hydrogens (primary N) is 1. The quantitative estimate of drug-likeness (QED) is 0.341. The molecule has 3 aromatic rings. The Morgan fingerprint density at radius 2 is 1.46 bits per heavy atom. The molecule has 0 aliphatic heterocycles. The smallest absolute Gasteiger partial charge is 0.287 e. The van der Waals surface area contributed by atoms with Crippen LogP contribution >= 0.6 is 0 Å². The van der Waals surface area contributed by atoms with Crippen molar-refractivity contribution >= 4 is 5.91 Å². The van der Waals surface area contributed by atoms with Gasteiger partial charge in [-0.1, -0.05) is 35.8 Å². The fourth-order valence-corrected chi connectivity index (χ4v) is 5.07. The maximum atomic E-state index is 13.2. The zero-order valence-electron chi connectivity index (χ0n) is 22.7. The second-order valence-corrected chi connectivity index (χ2v) is 10.7. The van der Waals surface area contributed by atoms with E-state index in [1.54, 1.807) is 36.4 Å². The van der Waals surface area contributed by atoms with E-state index in [0.29, 0.717) is 36.8 Å². The molecule has 2 fully saturated rings. The molecule has 0 radical (unpaired) electrons. The fraction of sp³-hybridized carbons (Fsp3) is 0.364. The zero-order valence-corrected chi connectivity index (χ0v) is 22.7. The molecule has 2 aliphatic rings. The highest BCUT2D eigenvalue weighted by molar-refractivity contribution is 5.91. The Balaban J connectivity index is 0.000000201. The van der Waals surface area contributed by atoms with E-state index in [2.05, 4.69) is 29.0 Å². The number of benzene rings is 2. The Labute approximate surface area is 239 Å². The van der Waals surface area contributed by atoms with Crippen molar-refractivity contribution in [3.63, 3.8) is 0 Å². The van der Waals surface area contributed by atoms with Gasteiger partial charge < -0.3 is 25.7 Å². The molecule has 4 atom stereocenters. The van der Waals surface area contributed by atoms with Crippen molar-refractivity contribution in [2.75, 3.05) is 0 Å². The third kappa shape index (κ3) is 9.30. The van der Waals surface area contributed by atoms with E-state index in [9.17, 15) is 23.8 Å². The largest absolute Gasteiger partial charge is 0.459 e. The number of amides is 1. The molecule has 2 saturated carbocycles. The summed E-state index contributed by atoms with van der Waals surface area (Å²) < 4.78 is 31.2. The average molecular weight is 561 g/mol. The lowest BCUT2D eigenvalue weighted by molar-refractivity contribution is 0.0447. The summed E-state index contributed by atoms with van der Waals surface area (Å²) in [6.45, 7) is 0. The Hall–Kier alpha value is -3.95. The van der Waals surface area contributed by atoms with Crippen molar-refractivity contribution in [3.8, 4) is 23.7 Å². The van der Waals surface area contributed by atoms with Gasteiger partial charge in [0.1, 0.15) is 22.8 Å². The van der Waals surface area contributed by atoms with Gasteiger partial charge in [0.15, 0.2) is 5.76 Å². The molecule has 0 unspecified atom stereocenters. The number of hydrogen-bond acceptors (Lipinski definition) is 5.